The van der Waals surface area contributed by atoms with Crippen molar-refractivity contribution in [2.45, 2.75) is 30.8 Å². The van der Waals surface area contributed by atoms with Gasteiger partial charge in [0.15, 0.2) is 0 Å². The topological polar surface area (TPSA) is 92.5 Å². The van der Waals surface area contributed by atoms with Crippen molar-refractivity contribution in [2.75, 3.05) is 24.5 Å². The number of carbonyl (C=O) groups excluding carboxylic acids is 1. The highest BCUT2D eigenvalue weighted by molar-refractivity contribution is 7.89. The molecule has 1 unspecified atom stereocenters. The number of nitrogens with zero attached hydrogens (tertiary/aromatic N) is 1. The average Bonchev–Trinajstić information content (AvgIpc) is 2.53. The Bertz CT molecular complexity index is 750. The molecule has 0 bridgehead atoms. The number of piperidine rings is 1. The predicted molar refractivity (Wildman–Crippen MR) is 86.4 cm³/mol. The number of nitrogens with two attached hydrogens (primary N) is 1. The Hall–Kier alpha value is -1.81. The Morgan fingerprint density at radius 3 is 2.64 bits per heavy atom. The predicted octanol–water partition coefficient (Wildman–Crippen LogP) is 1.71. The van der Waals surface area contributed by atoms with Gasteiger partial charge in [0.25, 0.3) is 0 Å². The Labute approximate surface area is 144 Å². The minimum absolute atomic E-state index is 0.135. The third-order valence-electron chi connectivity index (χ3n) is 4.08. The fraction of sp³-hybridized carbons (Fsp3) is 0.533. The van der Waals surface area contributed by atoms with Crippen LogP contribution >= 0.6 is 0 Å². The summed E-state index contributed by atoms with van der Waals surface area (Å²) in [5.74, 6) is -0.453. The lowest BCUT2D eigenvalue weighted by Crippen LogP contribution is -2.43. The molecule has 1 aromatic rings. The van der Waals surface area contributed by atoms with Crippen LogP contribution < -0.4 is 15.4 Å². The molecule has 0 spiro atoms. The fourth-order valence-corrected chi connectivity index (χ4v) is 3.67. The van der Waals surface area contributed by atoms with Crippen molar-refractivity contribution < 1.29 is 26.4 Å². The molecular formula is C15H20F3N3O3S. The van der Waals surface area contributed by atoms with Gasteiger partial charge in [0.1, 0.15) is 0 Å². The van der Waals surface area contributed by atoms with Gasteiger partial charge in [0.2, 0.25) is 15.9 Å². The van der Waals surface area contributed by atoms with Gasteiger partial charge in [-0.05, 0) is 38.0 Å². The maximum Gasteiger partial charge on any atom is 0.417 e. The highest BCUT2D eigenvalue weighted by Crippen LogP contribution is 2.37. The number of rotatable bonds is 4. The first-order valence-electron chi connectivity index (χ1n) is 7.80. The number of sulfonamides is 1. The second kappa shape index (κ2) is 7.20. The van der Waals surface area contributed by atoms with E-state index in [1.807, 2.05) is 0 Å². The standard InChI is InChI=1S/C15H20F3N3O3S/c1-2-20-14(22)10-4-3-7-21(9-10)11-5-6-13(25(19,23)24)12(8-11)15(16,17)18/h5-6,8,10H,2-4,7,9H2,1H3,(H,20,22)(H2,19,23,24). The Balaban J connectivity index is 2.35. The van der Waals surface area contributed by atoms with Crippen molar-refractivity contribution in [3.05, 3.63) is 23.8 Å². The van der Waals surface area contributed by atoms with Crippen LogP contribution in [0.4, 0.5) is 18.9 Å². The van der Waals surface area contributed by atoms with E-state index in [-0.39, 0.29) is 24.1 Å². The van der Waals surface area contributed by atoms with Crippen LogP contribution in [0.2, 0.25) is 0 Å². The molecule has 140 valence electrons. The summed E-state index contributed by atoms with van der Waals surface area (Å²) in [6.07, 6.45) is -3.55. The molecule has 10 heteroatoms. The van der Waals surface area contributed by atoms with Crippen molar-refractivity contribution in [1.82, 2.24) is 5.32 Å². The SMILES string of the molecule is CCNC(=O)C1CCCN(c2ccc(S(N)(=O)=O)c(C(F)(F)F)c2)C1. The number of anilines is 1. The van der Waals surface area contributed by atoms with E-state index in [0.717, 1.165) is 12.1 Å². The number of alkyl halides is 3. The molecule has 1 fully saturated rings. The summed E-state index contributed by atoms with van der Waals surface area (Å²) in [4.78, 5) is 12.7. The summed E-state index contributed by atoms with van der Waals surface area (Å²) >= 11 is 0. The van der Waals surface area contributed by atoms with Crippen molar-refractivity contribution in [3.8, 4) is 0 Å². The smallest absolute Gasteiger partial charge is 0.371 e. The second-order valence-corrected chi connectivity index (χ2v) is 7.43. The van der Waals surface area contributed by atoms with Gasteiger partial charge in [-0.25, -0.2) is 13.6 Å². The number of nitrogens with one attached hydrogen (secondary N) is 1. The van der Waals surface area contributed by atoms with Crippen LogP contribution in [0.5, 0.6) is 0 Å². The zero-order valence-electron chi connectivity index (χ0n) is 13.6. The Kier molecular flexibility index (Phi) is 5.62. The van der Waals surface area contributed by atoms with Crippen LogP contribution in [0.3, 0.4) is 0 Å². The fourth-order valence-electron chi connectivity index (χ4n) is 2.93. The monoisotopic (exact) mass is 379 g/mol. The Morgan fingerprint density at radius 1 is 1.40 bits per heavy atom. The molecule has 6 nitrogen and oxygen atoms in total. The van der Waals surface area contributed by atoms with Crippen LogP contribution in [0, 0.1) is 5.92 Å². The quantitative estimate of drug-likeness (QED) is 0.833. The maximum absolute atomic E-state index is 13.2. The third kappa shape index (κ3) is 4.63. The van der Waals surface area contributed by atoms with Crippen molar-refractivity contribution in [2.24, 2.45) is 11.1 Å². The van der Waals surface area contributed by atoms with E-state index in [0.29, 0.717) is 25.9 Å². The van der Waals surface area contributed by atoms with Gasteiger partial charge in [-0.15, -0.1) is 0 Å². The lowest BCUT2D eigenvalue weighted by atomic mass is 9.96. The maximum atomic E-state index is 13.2. The van der Waals surface area contributed by atoms with Crippen molar-refractivity contribution in [3.63, 3.8) is 0 Å². The summed E-state index contributed by atoms with van der Waals surface area (Å²) in [7, 11) is -4.50. The average molecular weight is 379 g/mol. The zero-order valence-corrected chi connectivity index (χ0v) is 14.5. The van der Waals surface area contributed by atoms with E-state index in [2.05, 4.69) is 5.32 Å². The van der Waals surface area contributed by atoms with Gasteiger partial charge in [-0.1, -0.05) is 0 Å². The zero-order chi connectivity index (χ0) is 18.8. The number of primary sulfonamides is 1. The molecule has 0 saturated carbocycles. The van der Waals surface area contributed by atoms with E-state index < -0.39 is 26.7 Å². The summed E-state index contributed by atoms with van der Waals surface area (Å²) in [6.45, 7) is 3.04. The summed E-state index contributed by atoms with van der Waals surface area (Å²) in [6, 6.07) is 2.93. The summed E-state index contributed by atoms with van der Waals surface area (Å²) < 4.78 is 62.5. The molecule has 1 aliphatic heterocycles. The molecule has 1 aliphatic rings. The van der Waals surface area contributed by atoms with Gasteiger partial charge in [0, 0.05) is 25.3 Å². The molecule has 0 radical (unpaired) electrons. The summed E-state index contributed by atoms with van der Waals surface area (Å²) in [5, 5.41) is 7.59. The lowest BCUT2D eigenvalue weighted by molar-refractivity contribution is -0.139. The molecular weight excluding hydrogens is 359 g/mol. The van der Waals surface area contributed by atoms with Gasteiger partial charge < -0.3 is 10.2 Å². The van der Waals surface area contributed by atoms with Crippen molar-refractivity contribution >= 4 is 21.6 Å². The second-order valence-electron chi connectivity index (χ2n) is 5.90. The number of hydrogen-bond donors (Lipinski definition) is 2. The Morgan fingerprint density at radius 2 is 2.08 bits per heavy atom. The highest BCUT2D eigenvalue weighted by Gasteiger charge is 2.37. The number of halogens is 3. The van der Waals surface area contributed by atoms with E-state index in [1.54, 1.807) is 11.8 Å². The van der Waals surface area contributed by atoms with Gasteiger partial charge >= 0.3 is 6.18 Å². The minimum atomic E-state index is -4.85. The van der Waals surface area contributed by atoms with Gasteiger partial charge in [0.05, 0.1) is 16.4 Å². The van der Waals surface area contributed by atoms with Crippen LogP contribution in [0.1, 0.15) is 25.3 Å². The normalized spacial score (nSPS) is 18.9. The van der Waals surface area contributed by atoms with Gasteiger partial charge in [-0.2, -0.15) is 13.2 Å². The highest BCUT2D eigenvalue weighted by atomic mass is 32.2. The van der Waals surface area contributed by atoms with E-state index in [1.165, 1.54) is 6.07 Å². The minimum Gasteiger partial charge on any atom is -0.371 e. The molecule has 1 saturated heterocycles. The number of hydrogen-bond acceptors (Lipinski definition) is 4. The number of amides is 1. The lowest BCUT2D eigenvalue weighted by Gasteiger charge is -2.34. The van der Waals surface area contributed by atoms with Crippen LogP contribution in [-0.4, -0.2) is 34.0 Å². The largest absolute Gasteiger partial charge is 0.417 e. The van der Waals surface area contributed by atoms with Crippen LogP contribution in [0.15, 0.2) is 23.1 Å². The molecule has 3 N–H and O–H groups in total. The molecule has 1 atom stereocenters. The first-order valence-corrected chi connectivity index (χ1v) is 9.35. The molecule has 0 aromatic heterocycles. The third-order valence-corrected chi connectivity index (χ3v) is 5.05. The van der Waals surface area contributed by atoms with E-state index >= 15 is 0 Å². The summed E-state index contributed by atoms with van der Waals surface area (Å²) in [5.41, 5.74) is -1.08. The van der Waals surface area contributed by atoms with E-state index in [9.17, 15) is 26.4 Å². The number of benzene rings is 1. The van der Waals surface area contributed by atoms with Gasteiger partial charge in [-0.3, -0.25) is 4.79 Å². The first kappa shape index (κ1) is 19.5. The van der Waals surface area contributed by atoms with Crippen LogP contribution in [0.25, 0.3) is 0 Å². The molecule has 2 rings (SSSR count). The van der Waals surface area contributed by atoms with E-state index in [4.69, 9.17) is 5.14 Å². The first-order chi connectivity index (χ1) is 11.5. The van der Waals surface area contributed by atoms with Crippen molar-refractivity contribution in [1.29, 1.82) is 0 Å². The molecule has 25 heavy (non-hydrogen) atoms. The molecule has 1 amide bonds. The van der Waals surface area contributed by atoms with Crippen LogP contribution in [-0.2, 0) is 21.0 Å². The molecule has 1 heterocycles. The molecule has 0 aliphatic carbocycles. The number of carbonyl (C=O) groups is 1. The molecule has 1 aromatic carbocycles.